The smallest absolute Gasteiger partial charge is 0.262 e. The van der Waals surface area contributed by atoms with Crippen molar-refractivity contribution in [3.8, 4) is 22.8 Å². The largest absolute Gasteiger partial charge is 0.489 e. The van der Waals surface area contributed by atoms with Crippen LogP contribution in [0.4, 0.5) is 5.69 Å². The van der Waals surface area contributed by atoms with E-state index < -0.39 is 0 Å². The van der Waals surface area contributed by atoms with E-state index >= 15 is 0 Å². The Labute approximate surface area is 302 Å². The van der Waals surface area contributed by atoms with Crippen molar-refractivity contribution in [2.75, 3.05) is 4.90 Å². The van der Waals surface area contributed by atoms with Crippen LogP contribution in [-0.2, 0) is 31.1 Å². The molecule has 0 atom stereocenters. The molecule has 1 N–H and O–H groups in total. The summed E-state index contributed by atoms with van der Waals surface area (Å²) >= 11 is 6.12. The monoisotopic (exact) mass is 696 g/mol. The lowest BCUT2D eigenvalue weighted by atomic mass is 10.1. The number of nitrogens with one attached hydrogen (secondary N) is 1. The van der Waals surface area contributed by atoms with Gasteiger partial charge in [-0.3, -0.25) is 9.59 Å². The normalized spacial score (nSPS) is 10.7. The van der Waals surface area contributed by atoms with Gasteiger partial charge in [-0.2, -0.15) is 0 Å². The van der Waals surface area contributed by atoms with E-state index in [1.54, 1.807) is 29.3 Å². The molecule has 51 heavy (non-hydrogen) atoms. The summed E-state index contributed by atoms with van der Waals surface area (Å²) in [5, 5.41) is 2.99. The average Bonchev–Trinajstić information content (AvgIpc) is 3.16. The summed E-state index contributed by atoms with van der Waals surface area (Å²) in [7, 11) is 0. The Hall–Kier alpha value is -5.99. The zero-order valence-corrected chi connectivity index (χ0v) is 29.1. The van der Waals surface area contributed by atoms with Gasteiger partial charge < -0.3 is 19.7 Å². The highest BCUT2D eigenvalue weighted by molar-refractivity contribution is 6.28. The van der Waals surface area contributed by atoms with Gasteiger partial charge in [0.1, 0.15) is 24.7 Å². The second kappa shape index (κ2) is 16.6. The van der Waals surface area contributed by atoms with Gasteiger partial charge in [0.2, 0.25) is 11.2 Å². The molecule has 0 bridgehead atoms. The van der Waals surface area contributed by atoms with Gasteiger partial charge >= 0.3 is 0 Å². The van der Waals surface area contributed by atoms with Gasteiger partial charge in [0.15, 0.2) is 0 Å². The Morgan fingerprint density at radius 2 is 1.37 bits per heavy atom. The van der Waals surface area contributed by atoms with Crippen molar-refractivity contribution in [3.05, 3.63) is 172 Å². The van der Waals surface area contributed by atoms with Crippen molar-refractivity contribution in [1.82, 2.24) is 15.3 Å². The molecule has 6 aromatic rings. The Morgan fingerprint density at radius 1 is 0.745 bits per heavy atom. The number of hydrogen-bond donors (Lipinski definition) is 1. The lowest BCUT2D eigenvalue weighted by Gasteiger charge is -2.25. The van der Waals surface area contributed by atoms with E-state index in [1.165, 1.54) is 6.92 Å². The minimum atomic E-state index is -0.246. The Balaban J connectivity index is 1.34. The predicted molar refractivity (Wildman–Crippen MR) is 200 cm³/mol. The van der Waals surface area contributed by atoms with Gasteiger partial charge in [-0.25, -0.2) is 9.97 Å². The van der Waals surface area contributed by atoms with Crippen molar-refractivity contribution < 1.29 is 19.1 Å². The number of carbonyl (C=O) groups excluding carboxylic acids is 2. The molecule has 0 aliphatic carbocycles. The summed E-state index contributed by atoms with van der Waals surface area (Å²) in [6.07, 6.45) is 1.69. The molecule has 0 fully saturated rings. The van der Waals surface area contributed by atoms with Crippen LogP contribution in [0.1, 0.15) is 45.1 Å². The molecular weight excluding hydrogens is 660 g/mol. The molecule has 0 unspecified atom stereocenters. The molecule has 1 heterocycles. The zero-order valence-electron chi connectivity index (χ0n) is 28.4. The molecular formula is C42H37ClN4O4. The number of anilines is 1. The first kappa shape index (κ1) is 34.9. The highest BCUT2D eigenvalue weighted by Gasteiger charge is 2.23. The summed E-state index contributed by atoms with van der Waals surface area (Å²) < 4.78 is 12.5. The van der Waals surface area contributed by atoms with Crippen molar-refractivity contribution in [2.45, 2.75) is 40.2 Å². The maximum Gasteiger partial charge on any atom is 0.262 e. The van der Waals surface area contributed by atoms with Crippen LogP contribution in [0.15, 0.2) is 134 Å². The van der Waals surface area contributed by atoms with E-state index in [-0.39, 0.29) is 30.2 Å². The second-order valence-electron chi connectivity index (χ2n) is 12.0. The number of rotatable bonds is 13. The van der Waals surface area contributed by atoms with Gasteiger partial charge in [0.05, 0.1) is 17.8 Å². The van der Waals surface area contributed by atoms with Crippen molar-refractivity contribution in [3.63, 3.8) is 0 Å². The average molecular weight is 697 g/mol. The van der Waals surface area contributed by atoms with Gasteiger partial charge in [0, 0.05) is 37.0 Å². The number of hydrogen-bond acceptors (Lipinski definition) is 6. The van der Waals surface area contributed by atoms with Gasteiger partial charge in [0.25, 0.3) is 5.91 Å². The lowest BCUT2D eigenvalue weighted by molar-refractivity contribution is -0.119. The van der Waals surface area contributed by atoms with Crippen LogP contribution in [0.3, 0.4) is 0 Å². The van der Waals surface area contributed by atoms with Crippen LogP contribution in [0.5, 0.6) is 11.5 Å². The van der Waals surface area contributed by atoms with Crippen molar-refractivity contribution in [1.29, 1.82) is 0 Å². The van der Waals surface area contributed by atoms with E-state index in [4.69, 9.17) is 21.1 Å². The molecule has 2 amide bonds. The molecule has 256 valence electrons. The van der Waals surface area contributed by atoms with E-state index in [9.17, 15) is 9.59 Å². The lowest BCUT2D eigenvalue weighted by Crippen LogP contribution is -2.31. The fraction of sp³-hybridized carbons (Fsp3) is 0.143. The van der Waals surface area contributed by atoms with Crippen molar-refractivity contribution >= 4 is 29.1 Å². The Kier molecular flexibility index (Phi) is 11.4. The zero-order chi connectivity index (χ0) is 35.6. The molecule has 1 aromatic heterocycles. The molecule has 0 aliphatic heterocycles. The minimum Gasteiger partial charge on any atom is -0.489 e. The number of ether oxygens (including phenoxy) is 2. The molecule has 8 nitrogen and oxygen atoms in total. The minimum absolute atomic E-state index is 0.0968. The number of carbonyl (C=O) groups is 2. The third-order valence-corrected chi connectivity index (χ3v) is 8.40. The third-order valence-electron chi connectivity index (χ3n) is 8.21. The van der Waals surface area contributed by atoms with E-state index in [2.05, 4.69) is 15.3 Å². The Morgan fingerprint density at radius 3 is 2.02 bits per heavy atom. The van der Waals surface area contributed by atoms with Crippen LogP contribution in [0.2, 0.25) is 5.28 Å². The summed E-state index contributed by atoms with van der Waals surface area (Å²) in [5.74, 6) is 0.653. The maximum atomic E-state index is 14.7. The topological polar surface area (TPSA) is 93.7 Å². The fourth-order valence-electron chi connectivity index (χ4n) is 5.47. The van der Waals surface area contributed by atoms with Crippen LogP contribution in [-0.4, -0.2) is 21.8 Å². The maximum absolute atomic E-state index is 14.7. The van der Waals surface area contributed by atoms with Gasteiger partial charge in [-0.1, -0.05) is 97.1 Å². The van der Waals surface area contributed by atoms with Crippen LogP contribution < -0.4 is 19.7 Å². The molecule has 0 radical (unpaired) electrons. The van der Waals surface area contributed by atoms with Crippen LogP contribution in [0.25, 0.3) is 11.3 Å². The number of aryl methyl sites for hydroxylation is 1. The SMILES string of the molecule is CC(=O)NCc1ccc(CN(C(=O)c2ccc(OCc3ccccc3)cc2OCc2ccccc2)c2ccc(-c3nc(Cl)ncc3C)cc2)cc1. The molecule has 5 aromatic carbocycles. The fourth-order valence-corrected chi connectivity index (χ4v) is 5.61. The molecule has 0 saturated carbocycles. The van der Waals surface area contributed by atoms with Gasteiger partial charge in [-0.05, 0) is 70.6 Å². The number of aromatic nitrogens is 2. The first-order chi connectivity index (χ1) is 24.8. The highest BCUT2D eigenvalue weighted by atomic mass is 35.5. The first-order valence-corrected chi connectivity index (χ1v) is 16.9. The van der Waals surface area contributed by atoms with E-state index in [1.807, 2.05) is 116 Å². The molecule has 6 rings (SSSR count). The number of nitrogens with zero attached hydrogens (tertiary/aromatic N) is 3. The van der Waals surface area contributed by atoms with E-state index in [0.29, 0.717) is 35.9 Å². The summed E-state index contributed by atoms with van der Waals surface area (Å²) in [6.45, 7) is 4.77. The number of halogens is 1. The summed E-state index contributed by atoms with van der Waals surface area (Å²) in [4.78, 5) is 36.3. The molecule has 0 spiro atoms. The van der Waals surface area contributed by atoms with Crippen molar-refractivity contribution in [2.24, 2.45) is 0 Å². The highest BCUT2D eigenvalue weighted by Crippen LogP contribution is 2.32. The third kappa shape index (κ3) is 9.38. The number of amides is 2. The standard InChI is InChI=1S/C42H37ClN4O4/c1-29-24-45-42(43)46-40(29)35-17-19-36(20-18-35)47(26-32-15-13-31(14-16-32)25-44-30(2)48)41(49)38-22-21-37(50-27-33-9-5-3-6-10-33)23-39(38)51-28-34-11-7-4-8-12-34/h3-24H,25-28H2,1-2H3,(H,44,48). The molecule has 0 aliphatic rings. The second-order valence-corrected chi connectivity index (χ2v) is 12.4. The molecule has 9 heteroatoms. The molecule has 0 saturated heterocycles. The quantitative estimate of drug-likeness (QED) is 0.121. The summed E-state index contributed by atoms with van der Waals surface area (Å²) in [5.41, 5.74) is 7.39. The van der Waals surface area contributed by atoms with E-state index in [0.717, 1.165) is 39.1 Å². The first-order valence-electron chi connectivity index (χ1n) is 16.5. The van der Waals surface area contributed by atoms with Crippen LogP contribution >= 0.6 is 11.6 Å². The predicted octanol–water partition coefficient (Wildman–Crippen LogP) is 8.75. The Bertz CT molecular complexity index is 2090. The number of benzene rings is 5. The van der Waals surface area contributed by atoms with Crippen LogP contribution in [0, 0.1) is 6.92 Å². The van der Waals surface area contributed by atoms with Gasteiger partial charge in [-0.15, -0.1) is 0 Å². The summed E-state index contributed by atoms with van der Waals surface area (Å²) in [6, 6.07) is 40.5.